The van der Waals surface area contributed by atoms with Gasteiger partial charge in [-0.3, -0.25) is 0 Å². The second-order valence-electron chi connectivity index (χ2n) is 5.23. The van der Waals surface area contributed by atoms with Gasteiger partial charge >= 0.3 is 0 Å². The topological polar surface area (TPSA) is 4.93 Å². The monoisotopic (exact) mass is 225 g/mol. The molecule has 17 heavy (non-hydrogen) atoms. The summed E-state index contributed by atoms with van der Waals surface area (Å²) in [5.41, 5.74) is 5.53. The van der Waals surface area contributed by atoms with Crippen LogP contribution in [0.2, 0.25) is 0 Å². The van der Waals surface area contributed by atoms with Crippen molar-refractivity contribution in [3.05, 3.63) is 47.8 Å². The molecule has 1 unspecified atom stereocenters. The first-order valence-corrected chi connectivity index (χ1v) is 6.52. The minimum absolute atomic E-state index is 0.665. The molecule has 0 radical (unpaired) electrons. The van der Waals surface area contributed by atoms with Crippen molar-refractivity contribution in [2.24, 2.45) is 0 Å². The fraction of sp³-hybridized carbons (Fsp3) is 0.375. The average molecular weight is 225 g/mol. The highest BCUT2D eigenvalue weighted by atomic mass is 15.0. The lowest BCUT2D eigenvalue weighted by molar-refractivity contribution is 0.433. The van der Waals surface area contributed by atoms with Crippen LogP contribution in [0.4, 0.5) is 0 Å². The van der Waals surface area contributed by atoms with Crippen LogP contribution in [-0.4, -0.2) is 4.57 Å². The molecular formula is C16H19N. The van der Waals surface area contributed by atoms with Gasteiger partial charge in [-0.2, -0.15) is 0 Å². The number of fused-ring (bicyclic) bond motifs is 1. The Labute approximate surface area is 103 Å². The number of hydrogen-bond donors (Lipinski definition) is 0. The van der Waals surface area contributed by atoms with Crippen molar-refractivity contribution in [3.63, 3.8) is 0 Å². The standard InChI is InChI=1S/C16H19N/c1-12-6-8-14(9-7-12)15-10-16-5-3-4-13(2)17(16)11-15/h6-11,13H,3-5H2,1-2H3. The van der Waals surface area contributed by atoms with Gasteiger partial charge < -0.3 is 4.57 Å². The van der Waals surface area contributed by atoms with E-state index in [0.29, 0.717) is 6.04 Å². The highest BCUT2D eigenvalue weighted by Crippen LogP contribution is 2.30. The van der Waals surface area contributed by atoms with E-state index in [1.54, 1.807) is 0 Å². The van der Waals surface area contributed by atoms with Gasteiger partial charge in [-0.15, -0.1) is 0 Å². The molecule has 0 spiro atoms. The Bertz CT molecular complexity index is 519. The molecule has 0 aliphatic carbocycles. The highest BCUT2D eigenvalue weighted by molar-refractivity contribution is 5.64. The van der Waals surface area contributed by atoms with Crippen LogP contribution in [0.1, 0.15) is 37.1 Å². The molecule has 0 saturated carbocycles. The molecule has 88 valence electrons. The van der Waals surface area contributed by atoms with Crippen molar-refractivity contribution in [1.82, 2.24) is 4.57 Å². The molecule has 0 amide bonds. The molecule has 1 aliphatic rings. The summed E-state index contributed by atoms with van der Waals surface area (Å²) in [6, 6.07) is 11.9. The molecule has 0 bridgehead atoms. The van der Waals surface area contributed by atoms with Crippen molar-refractivity contribution in [1.29, 1.82) is 0 Å². The molecule has 0 saturated heterocycles. The molecular weight excluding hydrogens is 206 g/mol. The van der Waals surface area contributed by atoms with Crippen molar-refractivity contribution >= 4 is 0 Å². The van der Waals surface area contributed by atoms with Crippen LogP contribution in [0.5, 0.6) is 0 Å². The van der Waals surface area contributed by atoms with E-state index in [1.807, 2.05) is 0 Å². The molecule has 1 atom stereocenters. The number of aryl methyl sites for hydroxylation is 2. The van der Waals surface area contributed by atoms with Gasteiger partial charge in [0.05, 0.1) is 0 Å². The van der Waals surface area contributed by atoms with E-state index in [4.69, 9.17) is 0 Å². The van der Waals surface area contributed by atoms with Gasteiger partial charge in [0.1, 0.15) is 0 Å². The van der Waals surface area contributed by atoms with Gasteiger partial charge in [0.15, 0.2) is 0 Å². The first-order valence-electron chi connectivity index (χ1n) is 6.52. The SMILES string of the molecule is Cc1ccc(-c2cc3n(c2)C(C)CCC3)cc1. The van der Waals surface area contributed by atoms with Gasteiger partial charge in [-0.05, 0) is 50.3 Å². The van der Waals surface area contributed by atoms with Crippen LogP contribution in [0.15, 0.2) is 36.5 Å². The summed E-state index contributed by atoms with van der Waals surface area (Å²) in [5, 5.41) is 0. The third-order valence-electron chi connectivity index (χ3n) is 3.85. The minimum Gasteiger partial charge on any atom is -0.348 e. The molecule has 1 heteroatoms. The van der Waals surface area contributed by atoms with Gasteiger partial charge in [0.25, 0.3) is 0 Å². The third kappa shape index (κ3) is 1.90. The van der Waals surface area contributed by atoms with Crippen molar-refractivity contribution < 1.29 is 0 Å². The van der Waals surface area contributed by atoms with Gasteiger partial charge in [0, 0.05) is 17.9 Å². The third-order valence-corrected chi connectivity index (χ3v) is 3.85. The fourth-order valence-electron chi connectivity index (χ4n) is 2.76. The van der Waals surface area contributed by atoms with E-state index in [-0.39, 0.29) is 0 Å². The number of hydrogen-bond acceptors (Lipinski definition) is 0. The molecule has 0 fully saturated rings. The lowest BCUT2D eigenvalue weighted by atomic mass is 10.0. The Morgan fingerprint density at radius 2 is 1.88 bits per heavy atom. The molecule has 2 heterocycles. The van der Waals surface area contributed by atoms with Gasteiger partial charge in [-0.25, -0.2) is 0 Å². The van der Waals surface area contributed by atoms with E-state index in [0.717, 1.165) is 0 Å². The molecule has 1 aliphatic heterocycles. The second-order valence-corrected chi connectivity index (χ2v) is 5.23. The lowest BCUT2D eigenvalue weighted by Crippen LogP contribution is -2.13. The number of rotatable bonds is 1. The Balaban J connectivity index is 2.02. The minimum atomic E-state index is 0.665. The van der Waals surface area contributed by atoms with Crippen LogP contribution in [0, 0.1) is 6.92 Å². The zero-order valence-corrected chi connectivity index (χ0v) is 10.6. The zero-order chi connectivity index (χ0) is 11.8. The molecule has 3 rings (SSSR count). The summed E-state index contributed by atoms with van der Waals surface area (Å²) in [6.07, 6.45) is 6.20. The Morgan fingerprint density at radius 3 is 2.59 bits per heavy atom. The maximum absolute atomic E-state index is 2.46. The molecule has 1 aromatic carbocycles. The van der Waals surface area contributed by atoms with E-state index < -0.39 is 0 Å². The lowest BCUT2D eigenvalue weighted by Gasteiger charge is -2.22. The predicted octanol–water partition coefficient (Wildman–Crippen LogP) is 4.36. The van der Waals surface area contributed by atoms with Crippen molar-refractivity contribution in [3.8, 4) is 11.1 Å². The van der Waals surface area contributed by atoms with E-state index in [2.05, 4.69) is 54.9 Å². The van der Waals surface area contributed by atoms with Crippen LogP contribution < -0.4 is 0 Å². The first kappa shape index (κ1) is 10.6. The van der Waals surface area contributed by atoms with Crippen molar-refractivity contribution in [2.45, 2.75) is 39.2 Å². The van der Waals surface area contributed by atoms with Crippen LogP contribution in [0.3, 0.4) is 0 Å². The fourth-order valence-corrected chi connectivity index (χ4v) is 2.76. The van der Waals surface area contributed by atoms with Crippen LogP contribution in [0.25, 0.3) is 11.1 Å². The molecule has 1 nitrogen and oxygen atoms in total. The first-order chi connectivity index (χ1) is 8.24. The maximum Gasteiger partial charge on any atom is 0.0305 e. The smallest absolute Gasteiger partial charge is 0.0305 e. The Morgan fingerprint density at radius 1 is 1.12 bits per heavy atom. The largest absolute Gasteiger partial charge is 0.348 e. The Kier molecular flexibility index (Phi) is 2.54. The van der Waals surface area contributed by atoms with Crippen LogP contribution >= 0.6 is 0 Å². The van der Waals surface area contributed by atoms with Gasteiger partial charge in [0.2, 0.25) is 0 Å². The molecule has 0 N–H and O–H groups in total. The average Bonchev–Trinajstić information content (AvgIpc) is 2.75. The number of benzene rings is 1. The molecule has 2 aromatic rings. The van der Waals surface area contributed by atoms with Crippen LogP contribution in [-0.2, 0) is 6.42 Å². The van der Waals surface area contributed by atoms with Gasteiger partial charge in [-0.1, -0.05) is 29.8 Å². The summed E-state index contributed by atoms with van der Waals surface area (Å²) >= 11 is 0. The van der Waals surface area contributed by atoms with E-state index >= 15 is 0 Å². The summed E-state index contributed by atoms with van der Waals surface area (Å²) < 4.78 is 2.46. The number of aromatic nitrogens is 1. The molecule has 1 aromatic heterocycles. The summed E-state index contributed by atoms with van der Waals surface area (Å²) in [6.45, 7) is 4.46. The Hall–Kier alpha value is -1.50. The zero-order valence-electron chi connectivity index (χ0n) is 10.6. The second kappa shape index (κ2) is 4.06. The predicted molar refractivity (Wildman–Crippen MR) is 72.3 cm³/mol. The van der Waals surface area contributed by atoms with Crippen molar-refractivity contribution in [2.75, 3.05) is 0 Å². The summed E-state index contributed by atoms with van der Waals surface area (Å²) in [4.78, 5) is 0. The number of nitrogens with zero attached hydrogens (tertiary/aromatic N) is 1. The summed E-state index contributed by atoms with van der Waals surface area (Å²) in [7, 11) is 0. The maximum atomic E-state index is 2.46. The van der Waals surface area contributed by atoms with E-state index in [1.165, 1.54) is 41.6 Å². The normalized spacial score (nSPS) is 19.1. The highest BCUT2D eigenvalue weighted by Gasteiger charge is 2.16. The van der Waals surface area contributed by atoms with E-state index in [9.17, 15) is 0 Å². The summed E-state index contributed by atoms with van der Waals surface area (Å²) in [5.74, 6) is 0. The quantitative estimate of drug-likeness (QED) is 0.679.